The lowest BCUT2D eigenvalue weighted by Crippen LogP contribution is -2.40. The van der Waals surface area contributed by atoms with Crippen molar-refractivity contribution in [2.45, 2.75) is 25.3 Å². The Bertz CT molecular complexity index is 727. The fourth-order valence-electron chi connectivity index (χ4n) is 2.86. The molecule has 0 radical (unpaired) electrons. The molecule has 0 aliphatic carbocycles. The van der Waals surface area contributed by atoms with E-state index in [0.717, 1.165) is 24.8 Å². The lowest BCUT2D eigenvalue weighted by molar-refractivity contribution is 0.0609. The number of benzene rings is 1. The molecule has 6 heteroatoms. The number of halogens is 1. The third kappa shape index (κ3) is 2.77. The number of amides is 1. The number of hydrogen-bond acceptors (Lipinski definition) is 3. The smallest absolute Gasteiger partial charge is 0.263 e. The summed E-state index contributed by atoms with van der Waals surface area (Å²) in [5.41, 5.74) is 0.481. The van der Waals surface area contributed by atoms with Crippen LogP contribution in [-0.2, 0) is 0 Å². The van der Waals surface area contributed by atoms with Gasteiger partial charge in [0, 0.05) is 12.7 Å². The van der Waals surface area contributed by atoms with Gasteiger partial charge in [0.1, 0.15) is 11.4 Å². The molecule has 0 unspecified atom stereocenters. The van der Waals surface area contributed by atoms with E-state index in [0.29, 0.717) is 6.54 Å². The maximum absolute atomic E-state index is 13.1. The van der Waals surface area contributed by atoms with Crippen molar-refractivity contribution in [1.29, 1.82) is 0 Å². The van der Waals surface area contributed by atoms with Gasteiger partial charge in [-0.2, -0.15) is 0 Å². The number of nitrogens with zero attached hydrogens (tertiary/aromatic N) is 2. The molecule has 0 bridgehead atoms. The summed E-state index contributed by atoms with van der Waals surface area (Å²) in [6.07, 6.45) is 5.23. The molecular weight excluding hydrogens is 285 g/mol. The van der Waals surface area contributed by atoms with Crippen LogP contribution in [0, 0.1) is 5.82 Å². The number of piperidine rings is 1. The van der Waals surface area contributed by atoms with Gasteiger partial charge >= 0.3 is 0 Å². The molecule has 2 heterocycles. The number of aromatic nitrogens is 2. The summed E-state index contributed by atoms with van der Waals surface area (Å²) in [7, 11) is 0. The Morgan fingerprint density at radius 2 is 2.05 bits per heavy atom. The highest BCUT2D eigenvalue weighted by Crippen LogP contribution is 2.31. The van der Waals surface area contributed by atoms with E-state index in [4.69, 9.17) is 0 Å². The molecule has 22 heavy (non-hydrogen) atoms. The molecule has 0 saturated carbocycles. The average Bonchev–Trinajstić information content (AvgIpc) is 2.55. The molecule has 114 valence electrons. The molecule has 1 aliphatic heterocycles. The monoisotopic (exact) mass is 301 g/mol. The topological polar surface area (TPSA) is 66.1 Å². The number of likely N-dealkylation sites (tertiary alicyclic amines) is 1. The number of carbonyl (C=O) groups excluding carboxylic acids is 1. The van der Waals surface area contributed by atoms with Gasteiger partial charge in [0.05, 0.1) is 12.4 Å². The van der Waals surface area contributed by atoms with Crippen molar-refractivity contribution in [3.05, 3.63) is 64.1 Å². The summed E-state index contributed by atoms with van der Waals surface area (Å²) < 4.78 is 13.1. The lowest BCUT2D eigenvalue weighted by atomic mass is 9.94. The molecule has 3 rings (SSSR count). The molecule has 1 aromatic heterocycles. The van der Waals surface area contributed by atoms with Crippen LogP contribution in [0.5, 0.6) is 0 Å². The van der Waals surface area contributed by atoms with E-state index >= 15 is 0 Å². The first kappa shape index (κ1) is 14.4. The largest absolute Gasteiger partial charge is 0.331 e. The fraction of sp³-hybridized carbons (Fsp3) is 0.312. The van der Waals surface area contributed by atoms with Crippen LogP contribution in [0.4, 0.5) is 4.39 Å². The van der Waals surface area contributed by atoms with Crippen LogP contribution in [0.25, 0.3) is 0 Å². The molecule has 1 aliphatic rings. The van der Waals surface area contributed by atoms with E-state index in [1.807, 2.05) is 0 Å². The van der Waals surface area contributed by atoms with Gasteiger partial charge in [0.2, 0.25) is 0 Å². The van der Waals surface area contributed by atoms with Gasteiger partial charge in [-0.1, -0.05) is 12.1 Å². The van der Waals surface area contributed by atoms with Gasteiger partial charge in [0.15, 0.2) is 0 Å². The Kier molecular flexibility index (Phi) is 4.00. The number of nitrogens with one attached hydrogen (secondary N) is 1. The van der Waals surface area contributed by atoms with Crippen molar-refractivity contribution in [2.24, 2.45) is 0 Å². The quantitative estimate of drug-likeness (QED) is 0.925. The second-order valence-corrected chi connectivity index (χ2v) is 5.36. The Hall–Kier alpha value is -2.50. The highest BCUT2D eigenvalue weighted by atomic mass is 19.1. The highest BCUT2D eigenvalue weighted by molar-refractivity contribution is 5.93. The van der Waals surface area contributed by atoms with Gasteiger partial charge in [-0.25, -0.2) is 9.37 Å². The summed E-state index contributed by atoms with van der Waals surface area (Å²) in [6.45, 7) is 0.579. The zero-order chi connectivity index (χ0) is 15.5. The third-order valence-electron chi connectivity index (χ3n) is 3.97. The summed E-state index contributed by atoms with van der Waals surface area (Å²) in [5, 5.41) is 0. The molecule has 1 N–H and O–H groups in total. The number of hydrogen-bond donors (Lipinski definition) is 1. The van der Waals surface area contributed by atoms with Crippen LogP contribution in [-0.4, -0.2) is 27.3 Å². The first-order valence-electron chi connectivity index (χ1n) is 7.26. The van der Waals surface area contributed by atoms with E-state index in [1.54, 1.807) is 17.0 Å². The molecule has 2 aromatic rings. The molecule has 1 atom stereocenters. The van der Waals surface area contributed by atoms with Crippen LogP contribution < -0.4 is 5.56 Å². The maximum Gasteiger partial charge on any atom is 0.263 e. The molecule has 1 saturated heterocycles. The molecule has 0 spiro atoms. The molecule has 1 fully saturated rings. The zero-order valence-electron chi connectivity index (χ0n) is 12.0. The minimum absolute atomic E-state index is 0.0384. The second-order valence-electron chi connectivity index (χ2n) is 5.36. The van der Waals surface area contributed by atoms with Crippen molar-refractivity contribution < 1.29 is 9.18 Å². The average molecular weight is 301 g/mol. The van der Waals surface area contributed by atoms with Crippen LogP contribution in [0.2, 0.25) is 0 Å². The number of rotatable bonds is 2. The van der Waals surface area contributed by atoms with Crippen LogP contribution in [0.1, 0.15) is 41.2 Å². The number of H-pyrrole nitrogens is 1. The van der Waals surface area contributed by atoms with Crippen LogP contribution >= 0.6 is 0 Å². The summed E-state index contributed by atoms with van der Waals surface area (Å²) in [4.78, 5) is 32.4. The molecular formula is C16H16FN3O2. The van der Waals surface area contributed by atoms with Crippen molar-refractivity contribution in [1.82, 2.24) is 14.9 Å². The molecule has 1 aromatic carbocycles. The van der Waals surface area contributed by atoms with Gasteiger partial charge in [-0.15, -0.1) is 0 Å². The van der Waals surface area contributed by atoms with Crippen molar-refractivity contribution in [3.63, 3.8) is 0 Å². The molecule has 1 amide bonds. The Morgan fingerprint density at radius 3 is 2.77 bits per heavy atom. The minimum atomic E-state index is -0.441. The van der Waals surface area contributed by atoms with Gasteiger partial charge < -0.3 is 9.88 Å². The van der Waals surface area contributed by atoms with E-state index in [1.165, 1.54) is 24.7 Å². The molecule has 5 nitrogen and oxygen atoms in total. The predicted molar refractivity (Wildman–Crippen MR) is 78.9 cm³/mol. The summed E-state index contributed by atoms with van der Waals surface area (Å²) >= 11 is 0. The Balaban J connectivity index is 1.93. The Morgan fingerprint density at radius 1 is 1.27 bits per heavy atom. The van der Waals surface area contributed by atoms with Crippen molar-refractivity contribution in [2.75, 3.05) is 6.54 Å². The third-order valence-corrected chi connectivity index (χ3v) is 3.97. The van der Waals surface area contributed by atoms with Crippen LogP contribution in [0.15, 0.2) is 41.6 Å². The minimum Gasteiger partial charge on any atom is -0.331 e. The standard InChI is InChI=1S/C16H16FN3O2/c17-12-6-4-11(5-7-12)14-3-1-2-8-20(14)16(22)13-9-18-10-19-15(13)21/h4-7,9-10,14H,1-3,8H2,(H,18,19,21)/t14-/m0/s1. The van der Waals surface area contributed by atoms with Gasteiger partial charge in [-0.05, 0) is 37.0 Å². The summed E-state index contributed by atoms with van der Waals surface area (Å²) in [5.74, 6) is -0.635. The SMILES string of the molecule is O=C(c1cnc[nH]c1=O)N1CCCC[C@H]1c1ccc(F)cc1. The highest BCUT2D eigenvalue weighted by Gasteiger charge is 2.29. The zero-order valence-corrected chi connectivity index (χ0v) is 12.0. The van der Waals surface area contributed by atoms with Crippen molar-refractivity contribution in [3.8, 4) is 0 Å². The van der Waals surface area contributed by atoms with Gasteiger partial charge in [0.25, 0.3) is 11.5 Å². The van der Waals surface area contributed by atoms with Gasteiger partial charge in [-0.3, -0.25) is 9.59 Å². The first-order chi connectivity index (χ1) is 10.7. The first-order valence-corrected chi connectivity index (χ1v) is 7.26. The van der Waals surface area contributed by atoms with E-state index in [2.05, 4.69) is 9.97 Å². The Labute approximate surface area is 126 Å². The van der Waals surface area contributed by atoms with E-state index in [9.17, 15) is 14.0 Å². The fourth-order valence-corrected chi connectivity index (χ4v) is 2.86. The normalized spacial score (nSPS) is 18.2. The van der Waals surface area contributed by atoms with Crippen LogP contribution in [0.3, 0.4) is 0 Å². The van der Waals surface area contributed by atoms with E-state index in [-0.39, 0.29) is 23.3 Å². The summed E-state index contributed by atoms with van der Waals surface area (Å²) in [6, 6.07) is 6.03. The number of carbonyl (C=O) groups is 1. The predicted octanol–water partition coefficient (Wildman–Crippen LogP) is 2.28. The lowest BCUT2D eigenvalue weighted by Gasteiger charge is -2.36. The van der Waals surface area contributed by atoms with E-state index < -0.39 is 5.56 Å². The number of aromatic amines is 1. The van der Waals surface area contributed by atoms with Crippen molar-refractivity contribution >= 4 is 5.91 Å². The second kappa shape index (κ2) is 6.09. The maximum atomic E-state index is 13.1.